The normalized spacial score (nSPS) is 12.6. The van der Waals surface area contributed by atoms with Crippen LogP contribution in [0.15, 0.2) is 47.3 Å². The zero-order valence-corrected chi connectivity index (χ0v) is 24.5. The number of rotatable bonds is 9. The summed E-state index contributed by atoms with van der Waals surface area (Å²) in [7, 11) is 5.11. The largest absolute Gasteiger partial charge is 0.456 e. The monoisotopic (exact) mass is 555 g/mol. The van der Waals surface area contributed by atoms with E-state index in [9.17, 15) is 14.0 Å². The van der Waals surface area contributed by atoms with Gasteiger partial charge >= 0.3 is 0 Å². The van der Waals surface area contributed by atoms with Crippen LogP contribution in [-0.2, 0) is 7.05 Å². The number of amides is 1. The molecule has 0 aliphatic heterocycles. The maximum absolute atomic E-state index is 14.8. The number of aromatic nitrogens is 1. The first-order valence-electron chi connectivity index (χ1n) is 13.1. The summed E-state index contributed by atoms with van der Waals surface area (Å²) in [6.07, 6.45) is 2.88. The number of nitrogens with zero attached hydrogens (tertiary/aromatic N) is 2. The second-order valence-corrected chi connectivity index (χ2v) is 10.0. The fourth-order valence-corrected chi connectivity index (χ4v) is 4.55. The van der Waals surface area contributed by atoms with Crippen LogP contribution in [0.5, 0.6) is 11.5 Å². The zero-order chi connectivity index (χ0) is 28.7. The van der Waals surface area contributed by atoms with Crippen molar-refractivity contribution in [3.05, 3.63) is 75.3 Å². The number of hydrogen-bond donors (Lipinski definition) is 3. The molecule has 0 unspecified atom stereocenters. The molecule has 8 nitrogen and oxygen atoms in total. The van der Waals surface area contributed by atoms with Gasteiger partial charge in [-0.05, 0) is 70.0 Å². The molecule has 0 spiro atoms. The van der Waals surface area contributed by atoms with Crippen LogP contribution in [0.4, 0.5) is 21.6 Å². The van der Waals surface area contributed by atoms with Gasteiger partial charge in [0.1, 0.15) is 22.9 Å². The molecule has 0 radical (unpaired) electrons. The first-order valence-corrected chi connectivity index (χ1v) is 13.9. The molecule has 2 aromatic carbocycles. The van der Waals surface area contributed by atoms with E-state index in [1.165, 1.54) is 22.8 Å². The second-order valence-electron chi connectivity index (χ2n) is 9.19. The molecule has 4 rings (SSSR count). The van der Waals surface area contributed by atoms with E-state index in [0.717, 1.165) is 30.5 Å². The number of ether oxygens (including phenoxy) is 1. The maximum Gasteiger partial charge on any atom is 0.261 e. The van der Waals surface area contributed by atoms with Gasteiger partial charge in [0.05, 0.1) is 11.3 Å². The number of carbonyl (C=O) groups is 1. The molecule has 3 N–H and O–H groups in total. The van der Waals surface area contributed by atoms with E-state index in [2.05, 4.69) is 14.8 Å². The Morgan fingerprint density at radius 3 is 2.49 bits per heavy atom. The Morgan fingerprint density at radius 1 is 1.15 bits per heavy atom. The van der Waals surface area contributed by atoms with Crippen molar-refractivity contribution in [2.24, 2.45) is 7.05 Å². The molecule has 1 aliphatic carbocycles. The van der Waals surface area contributed by atoms with Crippen molar-refractivity contribution in [2.45, 2.75) is 53.0 Å². The number of pyridine rings is 1. The van der Waals surface area contributed by atoms with Crippen molar-refractivity contribution in [1.29, 1.82) is 0 Å². The molecule has 10 heteroatoms. The predicted octanol–water partition coefficient (Wildman–Crippen LogP) is 6.52. The molecule has 1 heterocycles. The van der Waals surface area contributed by atoms with Crippen molar-refractivity contribution >= 4 is 35.2 Å². The minimum Gasteiger partial charge on any atom is -0.456 e. The third-order valence-electron chi connectivity index (χ3n) is 6.62. The zero-order valence-electron chi connectivity index (χ0n) is 23.6. The lowest BCUT2D eigenvalue weighted by atomic mass is 9.91. The number of benzene rings is 2. The molecular formula is C29H38FN5O3S. The van der Waals surface area contributed by atoms with Gasteiger partial charge in [-0.2, -0.15) is 0 Å². The molecule has 3 aromatic rings. The lowest BCUT2D eigenvalue weighted by Crippen LogP contribution is -2.42. The number of nitrogens with one attached hydrogen (secondary N) is 3. The standard InChI is InChI=1S/C27H32FN5O3S.C2H6/c1-16-12-13-22(21(28)14-16)30-25-23(27(35)32(4)19-9-7-10-19)24(17(2)26(34)33(25)5)36-20-11-6-8-18(15-20)31-37-29-3;1-2/h6,8,11-15,19,29-31H,7,9-10H2,1-5H3;1-2H3. The summed E-state index contributed by atoms with van der Waals surface area (Å²) in [6, 6.07) is 12.1. The molecule has 1 aliphatic rings. The minimum atomic E-state index is -0.484. The fourth-order valence-electron chi connectivity index (χ4n) is 4.20. The van der Waals surface area contributed by atoms with Gasteiger partial charge in [0.15, 0.2) is 5.75 Å². The second kappa shape index (κ2) is 13.5. The van der Waals surface area contributed by atoms with Gasteiger partial charge < -0.3 is 19.7 Å². The van der Waals surface area contributed by atoms with Crippen molar-refractivity contribution in [2.75, 3.05) is 24.1 Å². The molecular weight excluding hydrogens is 517 g/mol. The Morgan fingerprint density at radius 2 is 1.87 bits per heavy atom. The van der Waals surface area contributed by atoms with Gasteiger partial charge in [-0.3, -0.25) is 14.2 Å². The van der Waals surface area contributed by atoms with Crippen LogP contribution in [0.3, 0.4) is 0 Å². The Kier molecular flexibility index (Phi) is 10.4. The minimum absolute atomic E-state index is 0.105. The Balaban J connectivity index is 0.00000205. The average Bonchev–Trinajstić information content (AvgIpc) is 2.90. The Hall–Kier alpha value is -3.50. The third-order valence-corrected chi connectivity index (χ3v) is 7.17. The molecule has 1 aromatic heterocycles. The molecule has 0 bridgehead atoms. The van der Waals surface area contributed by atoms with Crippen LogP contribution in [0.1, 0.15) is 54.6 Å². The van der Waals surface area contributed by atoms with Crippen LogP contribution in [0.25, 0.3) is 0 Å². The van der Waals surface area contributed by atoms with E-state index < -0.39 is 5.82 Å². The number of hydrogen-bond acceptors (Lipinski definition) is 7. The summed E-state index contributed by atoms with van der Waals surface area (Å²) in [4.78, 5) is 28.9. The van der Waals surface area contributed by atoms with Gasteiger partial charge in [-0.1, -0.05) is 26.0 Å². The predicted molar refractivity (Wildman–Crippen MR) is 159 cm³/mol. The summed E-state index contributed by atoms with van der Waals surface area (Å²) >= 11 is 1.30. The highest BCUT2D eigenvalue weighted by Crippen LogP contribution is 2.37. The number of halogens is 1. The van der Waals surface area contributed by atoms with E-state index in [-0.39, 0.29) is 45.9 Å². The van der Waals surface area contributed by atoms with Gasteiger partial charge in [0, 0.05) is 44.0 Å². The lowest BCUT2D eigenvalue weighted by molar-refractivity contribution is 0.0649. The van der Waals surface area contributed by atoms with Gasteiger partial charge in [-0.25, -0.2) is 9.11 Å². The highest BCUT2D eigenvalue weighted by molar-refractivity contribution is 7.98. The van der Waals surface area contributed by atoms with Crippen LogP contribution >= 0.6 is 12.1 Å². The van der Waals surface area contributed by atoms with E-state index in [4.69, 9.17) is 4.74 Å². The van der Waals surface area contributed by atoms with E-state index in [0.29, 0.717) is 5.75 Å². The van der Waals surface area contributed by atoms with E-state index >= 15 is 0 Å². The van der Waals surface area contributed by atoms with Crippen LogP contribution in [0.2, 0.25) is 0 Å². The van der Waals surface area contributed by atoms with Crippen molar-refractivity contribution in [3.63, 3.8) is 0 Å². The molecule has 1 fully saturated rings. The summed E-state index contributed by atoms with van der Waals surface area (Å²) < 4.78 is 28.5. The summed E-state index contributed by atoms with van der Waals surface area (Å²) in [5.74, 6) is -0.0152. The summed E-state index contributed by atoms with van der Waals surface area (Å²) in [5.41, 5.74) is 1.80. The van der Waals surface area contributed by atoms with Crippen molar-refractivity contribution in [1.82, 2.24) is 14.2 Å². The van der Waals surface area contributed by atoms with E-state index in [1.807, 2.05) is 26.0 Å². The molecule has 210 valence electrons. The topological polar surface area (TPSA) is 87.6 Å². The average molecular weight is 556 g/mol. The number of aryl methyl sites for hydroxylation is 1. The van der Waals surface area contributed by atoms with Crippen LogP contribution in [0, 0.1) is 19.7 Å². The third kappa shape index (κ3) is 6.75. The number of anilines is 3. The first kappa shape index (κ1) is 30.0. The first-order chi connectivity index (χ1) is 18.7. The maximum atomic E-state index is 14.8. The van der Waals surface area contributed by atoms with Gasteiger partial charge in [0.2, 0.25) is 0 Å². The van der Waals surface area contributed by atoms with Gasteiger partial charge in [-0.15, -0.1) is 0 Å². The molecule has 1 saturated carbocycles. The van der Waals surface area contributed by atoms with Gasteiger partial charge in [0.25, 0.3) is 11.5 Å². The Labute approximate surface area is 234 Å². The molecule has 1 amide bonds. The van der Waals surface area contributed by atoms with Crippen LogP contribution in [-0.4, -0.2) is 35.5 Å². The smallest absolute Gasteiger partial charge is 0.261 e. The SMILES string of the molecule is CC.CNSNc1cccc(Oc2c(C(=O)N(C)C3CCC3)c(Nc3ccc(C)cc3F)n(C)c(=O)c2C)c1. The molecule has 39 heavy (non-hydrogen) atoms. The summed E-state index contributed by atoms with van der Waals surface area (Å²) in [5, 5.41) is 3.02. The highest BCUT2D eigenvalue weighted by atomic mass is 32.2. The number of carbonyl (C=O) groups excluding carboxylic acids is 1. The van der Waals surface area contributed by atoms with Crippen molar-refractivity contribution in [3.8, 4) is 11.5 Å². The lowest BCUT2D eigenvalue weighted by Gasteiger charge is -2.35. The van der Waals surface area contributed by atoms with Crippen molar-refractivity contribution < 1.29 is 13.9 Å². The Bertz CT molecular complexity index is 1370. The quantitative estimate of drug-likeness (QED) is 0.259. The van der Waals surface area contributed by atoms with E-state index in [1.54, 1.807) is 64.2 Å². The van der Waals surface area contributed by atoms with Crippen LogP contribution < -0.4 is 25.1 Å². The fraction of sp³-hybridized carbons (Fsp3) is 0.379. The highest BCUT2D eigenvalue weighted by Gasteiger charge is 2.33. The summed E-state index contributed by atoms with van der Waals surface area (Å²) in [6.45, 7) is 7.42. The molecule has 0 atom stereocenters. The molecule has 0 saturated heterocycles.